The maximum Gasteiger partial charge on any atom is 0.343 e. The van der Waals surface area contributed by atoms with Crippen molar-refractivity contribution in [2.75, 3.05) is 0 Å². The summed E-state index contributed by atoms with van der Waals surface area (Å²) in [7, 11) is 1.63. The van der Waals surface area contributed by atoms with Crippen molar-refractivity contribution in [3.8, 4) is 0 Å². The Balaban J connectivity index is 2.11. The highest BCUT2D eigenvalue weighted by atomic mass is 32.2. The average Bonchev–Trinajstić information content (AvgIpc) is 2.78. The van der Waals surface area contributed by atoms with Crippen LogP contribution in [0, 0.1) is 0 Å². The lowest BCUT2D eigenvalue weighted by Gasteiger charge is -2.09. The molecule has 0 aliphatic heterocycles. The van der Waals surface area contributed by atoms with E-state index in [9.17, 15) is 9.59 Å². The van der Waals surface area contributed by atoms with Gasteiger partial charge in [0.15, 0.2) is 10.9 Å². The highest BCUT2D eigenvalue weighted by Crippen LogP contribution is 2.22. The van der Waals surface area contributed by atoms with Gasteiger partial charge in [-0.25, -0.2) is 9.89 Å². The molecule has 5 nitrogen and oxygen atoms in total. The Morgan fingerprint density at radius 1 is 1.40 bits per heavy atom. The van der Waals surface area contributed by atoms with Crippen molar-refractivity contribution in [2.24, 2.45) is 7.05 Å². The number of benzene rings is 1. The van der Waals surface area contributed by atoms with Crippen LogP contribution in [-0.2, 0) is 13.5 Å². The topological polar surface area (TPSA) is 67.8 Å². The molecule has 1 unspecified atom stereocenters. The van der Waals surface area contributed by atoms with E-state index in [0.29, 0.717) is 10.7 Å². The molecule has 1 aromatic carbocycles. The summed E-state index contributed by atoms with van der Waals surface area (Å²) in [5.41, 5.74) is 1.61. The molecule has 6 heteroatoms. The highest BCUT2D eigenvalue weighted by molar-refractivity contribution is 8.00. The minimum atomic E-state index is -0.295. The van der Waals surface area contributed by atoms with Crippen LogP contribution >= 0.6 is 11.8 Å². The molecular weight excluding hydrogens is 274 g/mol. The second-order valence-electron chi connectivity index (χ2n) is 4.55. The Bertz CT molecular complexity index is 658. The number of nitrogens with zero attached hydrogens (tertiary/aromatic N) is 2. The molecule has 1 N–H and O–H groups in total. The fourth-order valence-electron chi connectivity index (χ4n) is 1.79. The number of carbonyl (C=O) groups is 1. The zero-order valence-electron chi connectivity index (χ0n) is 11.7. The van der Waals surface area contributed by atoms with Crippen molar-refractivity contribution in [1.82, 2.24) is 14.8 Å². The number of aryl methyl sites for hydroxylation is 1. The molecule has 0 spiro atoms. The maximum absolute atomic E-state index is 12.3. The molecule has 0 fully saturated rings. The Kier molecular flexibility index (Phi) is 4.44. The summed E-state index contributed by atoms with van der Waals surface area (Å²) in [6.45, 7) is 3.90. The van der Waals surface area contributed by atoms with Gasteiger partial charge in [-0.3, -0.25) is 9.36 Å². The van der Waals surface area contributed by atoms with Crippen molar-refractivity contribution < 1.29 is 4.79 Å². The molecule has 0 radical (unpaired) electrons. The summed E-state index contributed by atoms with van der Waals surface area (Å²) in [6, 6.07) is 7.63. The third-order valence-corrected chi connectivity index (χ3v) is 4.28. The molecule has 2 rings (SSSR count). The first-order chi connectivity index (χ1) is 9.52. The van der Waals surface area contributed by atoms with Gasteiger partial charge in [-0.2, -0.15) is 0 Å². The van der Waals surface area contributed by atoms with Crippen LogP contribution in [0.3, 0.4) is 0 Å². The fourth-order valence-corrected chi connectivity index (χ4v) is 2.69. The monoisotopic (exact) mass is 291 g/mol. The first kappa shape index (κ1) is 14.6. The van der Waals surface area contributed by atoms with E-state index in [2.05, 4.69) is 17.1 Å². The van der Waals surface area contributed by atoms with Gasteiger partial charge in [-0.1, -0.05) is 43.0 Å². The maximum atomic E-state index is 12.3. The third-order valence-electron chi connectivity index (χ3n) is 3.14. The zero-order valence-corrected chi connectivity index (χ0v) is 12.5. The summed E-state index contributed by atoms with van der Waals surface area (Å²) >= 11 is 1.27. The van der Waals surface area contributed by atoms with E-state index >= 15 is 0 Å². The summed E-state index contributed by atoms with van der Waals surface area (Å²) in [6.07, 6.45) is 0.953. The van der Waals surface area contributed by atoms with E-state index in [1.165, 1.54) is 21.9 Å². The number of nitrogens with one attached hydrogen (secondary N) is 1. The molecule has 0 bridgehead atoms. The fraction of sp³-hybridized carbons (Fsp3) is 0.357. The lowest BCUT2D eigenvalue weighted by atomic mass is 10.1. The Morgan fingerprint density at radius 3 is 2.55 bits per heavy atom. The molecular formula is C14H17N3O2S. The van der Waals surface area contributed by atoms with Crippen LogP contribution in [0.2, 0.25) is 0 Å². The van der Waals surface area contributed by atoms with Crippen LogP contribution in [0.5, 0.6) is 0 Å². The van der Waals surface area contributed by atoms with E-state index in [1.807, 2.05) is 31.2 Å². The largest absolute Gasteiger partial charge is 0.343 e. The number of aromatic amines is 1. The van der Waals surface area contributed by atoms with E-state index in [1.54, 1.807) is 7.05 Å². The molecule has 0 amide bonds. The summed E-state index contributed by atoms with van der Waals surface area (Å²) in [4.78, 5) is 23.6. The predicted octanol–water partition coefficient (Wildman–Crippen LogP) is 2.03. The Labute approximate surface area is 121 Å². The van der Waals surface area contributed by atoms with Gasteiger partial charge in [-0.15, -0.1) is 5.10 Å². The number of hydrogen-bond acceptors (Lipinski definition) is 4. The zero-order chi connectivity index (χ0) is 14.7. The van der Waals surface area contributed by atoms with Crippen LogP contribution in [-0.4, -0.2) is 25.8 Å². The van der Waals surface area contributed by atoms with Crippen molar-refractivity contribution in [3.05, 3.63) is 45.9 Å². The predicted molar refractivity (Wildman–Crippen MR) is 79.3 cm³/mol. The molecule has 106 valence electrons. The number of Topliss-reactive ketones (excluding diaryl/α,β-unsaturated/α-hetero) is 1. The number of thioether (sulfide) groups is 1. The number of carbonyl (C=O) groups excluding carboxylic acids is 1. The van der Waals surface area contributed by atoms with E-state index < -0.39 is 0 Å². The van der Waals surface area contributed by atoms with Gasteiger partial charge in [0, 0.05) is 12.6 Å². The first-order valence-electron chi connectivity index (χ1n) is 6.44. The number of aromatic nitrogens is 3. The Morgan fingerprint density at radius 2 is 2.05 bits per heavy atom. The molecule has 0 aliphatic carbocycles. The quantitative estimate of drug-likeness (QED) is 0.676. The van der Waals surface area contributed by atoms with Crippen LogP contribution in [0.25, 0.3) is 0 Å². The van der Waals surface area contributed by atoms with Crippen molar-refractivity contribution >= 4 is 17.5 Å². The molecule has 2 aromatic rings. The minimum Gasteiger partial charge on any atom is -0.293 e. The number of H-pyrrole nitrogens is 1. The Hall–Kier alpha value is -1.82. The minimum absolute atomic E-state index is 0.0353. The molecule has 1 atom stereocenters. The normalized spacial score (nSPS) is 12.3. The van der Waals surface area contributed by atoms with Gasteiger partial charge in [0.1, 0.15) is 0 Å². The van der Waals surface area contributed by atoms with Gasteiger partial charge >= 0.3 is 5.69 Å². The van der Waals surface area contributed by atoms with Crippen molar-refractivity contribution in [1.29, 1.82) is 0 Å². The molecule has 0 aliphatic rings. The molecule has 20 heavy (non-hydrogen) atoms. The second-order valence-corrected chi connectivity index (χ2v) is 5.85. The summed E-state index contributed by atoms with van der Waals surface area (Å²) in [5, 5.41) is 6.48. The molecule has 0 saturated heterocycles. The average molecular weight is 291 g/mol. The number of ketones is 1. The van der Waals surface area contributed by atoms with E-state index in [-0.39, 0.29) is 16.7 Å². The third kappa shape index (κ3) is 3.01. The van der Waals surface area contributed by atoms with Crippen molar-refractivity contribution in [2.45, 2.75) is 30.7 Å². The number of hydrogen-bond donors (Lipinski definition) is 1. The molecule has 1 heterocycles. The van der Waals surface area contributed by atoms with E-state index in [0.717, 1.165) is 6.42 Å². The SMILES string of the molecule is CCc1ccc(C(=O)C(C)Sc2n[nH]c(=O)n2C)cc1. The van der Waals surface area contributed by atoms with Gasteiger partial charge in [0.05, 0.1) is 5.25 Å². The molecule has 0 saturated carbocycles. The van der Waals surface area contributed by atoms with Gasteiger partial charge in [0.25, 0.3) is 0 Å². The molecule has 1 aromatic heterocycles. The van der Waals surface area contributed by atoms with Gasteiger partial charge in [0.2, 0.25) is 0 Å². The van der Waals surface area contributed by atoms with Crippen LogP contribution in [0.1, 0.15) is 29.8 Å². The lowest BCUT2D eigenvalue weighted by Crippen LogP contribution is -2.16. The van der Waals surface area contributed by atoms with Crippen LogP contribution in [0.4, 0.5) is 0 Å². The summed E-state index contributed by atoms with van der Waals surface area (Å²) < 4.78 is 1.40. The van der Waals surface area contributed by atoms with Crippen molar-refractivity contribution in [3.63, 3.8) is 0 Å². The first-order valence-corrected chi connectivity index (χ1v) is 7.32. The standard InChI is InChI=1S/C14H17N3O2S/c1-4-10-5-7-11(8-6-10)12(18)9(2)20-14-16-15-13(19)17(14)3/h5-9H,4H2,1-3H3,(H,15,19). The smallest absolute Gasteiger partial charge is 0.293 e. The van der Waals surface area contributed by atoms with Gasteiger partial charge in [-0.05, 0) is 18.9 Å². The second kappa shape index (κ2) is 6.09. The lowest BCUT2D eigenvalue weighted by molar-refractivity contribution is 0.0994. The summed E-state index contributed by atoms with van der Waals surface area (Å²) in [5.74, 6) is 0.0353. The number of rotatable bonds is 5. The van der Waals surface area contributed by atoms with Gasteiger partial charge < -0.3 is 0 Å². The van der Waals surface area contributed by atoms with E-state index in [4.69, 9.17) is 0 Å². The van der Waals surface area contributed by atoms with Crippen LogP contribution in [0.15, 0.2) is 34.2 Å². The van der Waals surface area contributed by atoms with Crippen LogP contribution < -0.4 is 5.69 Å². The highest BCUT2D eigenvalue weighted by Gasteiger charge is 2.19.